The normalized spacial score (nSPS) is 12.0. The number of benzene rings is 3. The monoisotopic (exact) mass is 420 g/mol. The van der Waals surface area contributed by atoms with E-state index in [2.05, 4.69) is 45.9 Å². The molecule has 158 valence electrons. The second kappa shape index (κ2) is 8.94. The van der Waals surface area contributed by atoms with Crippen molar-refractivity contribution in [2.45, 2.75) is 12.3 Å². The van der Waals surface area contributed by atoms with Gasteiger partial charge in [-0.05, 0) is 34.9 Å². The third-order valence-electron chi connectivity index (χ3n) is 5.72. The number of fused-ring (bicyclic) bond motifs is 1. The van der Waals surface area contributed by atoms with Gasteiger partial charge in [-0.25, -0.2) is 4.68 Å². The summed E-state index contributed by atoms with van der Waals surface area (Å²) >= 11 is 0. The molecular weight excluding hydrogens is 396 g/mol. The summed E-state index contributed by atoms with van der Waals surface area (Å²) in [6.07, 6.45) is 6.00. The SMILES string of the molecule is O=C(Cc1cnn(-c2ccccc2)c1)NCC(c1ccccc1)c1c[nH]c2ccccc12. The van der Waals surface area contributed by atoms with Gasteiger partial charge in [-0.2, -0.15) is 5.10 Å². The van der Waals surface area contributed by atoms with Gasteiger partial charge in [0, 0.05) is 35.8 Å². The van der Waals surface area contributed by atoms with Gasteiger partial charge in [0.2, 0.25) is 5.91 Å². The van der Waals surface area contributed by atoms with E-state index in [1.54, 1.807) is 10.9 Å². The van der Waals surface area contributed by atoms with Crippen molar-refractivity contribution in [2.24, 2.45) is 0 Å². The summed E-state index contributed by atoms with van der Waals surface area (Å²) in [6.45, 7) is 0.525. The van der Waals surface area contributed by atoms with Gasteiger partial charge in [-0.3, -0.25) is 4.79 Å². The Bertz CT molecular complexity index is 1320. The lowest BCUT2D eigenvalue weighted by molar-refractivity contribution is -0.120. The zero-order valence-electron chi connectivity index (χ0n) is 17.6. The van der Waals surface area contributed by atoms with Crippen LogP contribution in [0.2, 0.25) is 0 Å². The number of carbonyl (C=O) groups is 1. The highest BCUT2D eigenvalue weighted by atomic mass is 16.1. The lowest BCUT2D eigenvalue weighted by atomic mass is 9.91. The first-order chi connectivity index (χ1) is 15.8. The minimum Gasteiger partial charge on any atom is -0.361 e. The van der Waals surface area contributed by atoms with Crippen LogP contribution in [0, 0.1) is 0 Å². The number of hydrogen-bond donors (Lipinski definition) is 2. The van der Waals surface area contributed by atoms with Crippen LogP contribution < -0.4 is 5.32 Å². The number of nitrogens with one attached hydrogen (secondary N) is 2. The number of aromatic amines is 1. The maximum atomic E-state index is 12.8. The smallest absolute Gasteiger partial charge is 0.224 e. The number of rotatable bonds is 7. The molecule has 0 fully saturated rings. The van der Waals surface area contributed by atoms with E-state index in [0.717, 1.165) is 16.8 Å². The van der Waals surface area contributed by atoms with Crippen LogP contribution in [-0.2, 0) is 11.2 Å². The van der Waals surface area contributed by atoms with Crippen LogP contribution >= 0.6 is 0 Å². The Labute approximate surface area is 186 Å². The first-order valence-electron chi connectivity index (χ1n) is 10.7. The van der Waals surface area contributed by atoms with Crippen molar-refractivity contribution in [3.05, 3.63) is 120 Å². The first kappa shape index (κ1) is 19.8. The molecule has 0 aliphatic carbocycles. The van der Waals surface area contributed by atoms with Gasteiger partial charge in [0.1, 0.15) is 0 Å². The molecule has 2 N–H and O–H groups in total. The van der Waals surface area contributed by atoms with Crippen LogP contribution in [0.3, 0.4) is 0 Å². The number of hydrogen-bond acceptors (Lipinski definition) is 2. The second-order valence-corrected chi connectivity index (χ2v) is 7.86. The highest BCUT2D eigenvalue weighted by molar-refractivity contribution is 5.84. The molecule has 5 heteroatoms. The minimum atomic E-state index is -0.0154. The van der Waals surface area contributed by atoms with Crippen LogP contribution in [0.4, 0.5) is 0 Å². The van der Waals surface area contributed by atoms with Crippen LogP contribution in [-0.4, -0.2) is 27.2 Å². The van der Waals surface area contributed by atoms with Gasteiger partial charge in [0.25, 0.3) is 0 Å². The van der Waals surface area contributed by atoms with Gasteiger partial charge < -0.3 is 10.3 Å². The Morgan fingerprint density at radius 2 is 1.66 bits per heavy atom. The van der Waals surface area contributed by atoms with Crippen LogP contribution in [0.15, 0.2) is 104 Å². The van der Waals surface area contributed by atoms with Gasteiger partial charge in [0.05, 0.1) is 18.3 Å². The largest absolute Gasteiger partial charge is 0.361 e. The lowest BCUT2D eigenvalue weighted by Crippen LogP contribution is -2.30. The Kier molecular flexibility index (Phi) is 5.54. The molecule has 0 saturated heterocycles. The zero-order valence-corrected chi connectivity index (χ0v) is 17.6. The maximum Gasteiger partial charge on any atom is 0.224 e. The van der Waals surface area contributed by atoms with E-state index in [-0.39, 0.29) is 11.8 Å². The molecule has 2 aromatic heterocycles. The molecular formula is C27H24N4O. The van der Waals surface area contributed by atoms with E-state index in [9.17, 15) is 4.79 Å². The van der Waals surface area contributed by atoms with Crippen LogP contribution in [0.1, 0.15) is 22.6 Å². The summed E-state index contributed by atoms with van der Waals surface area (Å²) in [5.41, 5.74) is 5.32. The lowest BCUT2D eigenvalue weighted by Gasteiger charge is -2.18. The maximum absolute atomic E-state index is 12.8. The zero-order chi connectivity index (χ0) is 21.8. The average Bonchev–Trinajstić information content (AvgIpc) is 3.48. The van der Waals surface area contributed by atoms with Crippen LogP contribution in [0.25, 0.3) is 16.6 Å². The molecule has 1 atom stereocenters. The Morgan fingerprint density at radius 1 is 0.938 bits per heavy atom. The summed E-state index contributed by atoms with van der Waals surface area (Å²) in [5.74, 6) is 0.0433. The molecule has 1 amide bonds. The van der Waals surface area contributed by atoms with E-state index >= 15 is 0 Å². The van der Waals surface area contributed by atoms with Crippen molar-refractivity contribution in [3.63, 3.8) is 0 Å². The highest BCUT2D eigenvalue weighted by Gasteiger charge is 2.19. The molecule has 5 nitrogen and oxygen atoms in total. The topological polar surface area (TPSA) is 62.7 Å². The molecule has 0 spiro atoms. The summed E-state index contributed by atoms with van der Waals surface area (Å²) in [6, 6.07) is 28.5. The van der Waals surface area contributed by atoms with E-state index < -0.39 is 0 Å². The first-order valence-corrected chi connectivity index (χ1v) is 10.7. The Balaban J connectivity index is 1.32. The number of carbonyl (C=O) groups excluding carboxylic acids is 1. The van der Waals surface area contributed by atoms with E-state index in [1.165, 1.54) is 16.5 Å². The molecule has 1 unspecified atom stereocenters. The van der Waals surface area contributed by atoms with E-state index in [0.29, 0.717) is 13.0 Å². The highest BCUT2D eigenvalue weighted by Crippen LogP contribution is 2.30. The molecule has 5 aromatic rings. The standard InChI is InChI=1S/C27H24N4O/c32-27(15-20-16-30-31(19-20)22-11-5-2-6-12-22)29-17-24(21-9-3-1-4-10-21)25-18-28-26-14-8-7-13-23(25)26/h1-14,16,18-19,24,28H,15,17H2,(H,29,32). The fraction of sp³-hybridized carbons (Fsp3) is 0.111. The van der Waals surface area contributed by atoms with Gasteiger partial charge in [-0.1, -0.05) is 66.7 Å². The molecule has 0 bridgehead atoms. The van der Waals surface area contributed by atoms with Gasteiger partial charge in [0.15, 0.2) is 0 Å². The molecule has 0 aliphatic rings. The summed E-state index contributed by atoms with van der Waals surface area (Å²) in [5, 5.41) is 8.71. The van der Waals surface area contributed by atoms with Gasteiger partial charge >= 0.3 is 0 Å². The third-order valence-corrected chi connectivity index (χ3v) is 5.72. The summed E-state index contributed by atoms with van der Waals surface area (Å²) in [7, 11) is 0. The average molecular weight is 421 g/mol. The predicted octanol–water partition coefficient (Wildman–Crippen LogP) is 4.84. The van der Waals surface area contributed by atoms with E-state index in [4.69, 9.17) is 0 Å². The predicted molar refractivity (Wildman–Crippen MR) is 127 cm³/mol. The number of H-pyrrole nitrogens is 1. The quantitative estimate of drug-likeness (QED) is 0.396. The number of para-hydroxylation sites is 2. The van der Waals surface area contributed by atoms with Crippen molar-refractivity contribution in [1.82, 2.24) is 20.1 Å². The number of aromatic nitrogens is 3. The number of nitrogens with zero attached hydrogens (tertiary/aromatic N) is 2. The fourth-order valence-electron chi connectivity index (χ4n) is 4.11. The molecule has 2 heterocycles. The summed E-state index contributed by atoms with van der Waals surface area (Å²) in [4.78, 5) is 16.1. The minimum absolute atomic E-state index is 0.0154. The van der Waals surface area contributed by atoms with Crippen molar-refractivity contribution < 1.29 is 4.79 Å². The number of amides is 1. The molecule has 32 heavy (non-hydrogen) atoms. The van der Waals surface area contributed by atoms with Crippen LogP contribution in [0.5, 0.6) is 0 Å². The van der Waals surface area contributed by atoms with Crippen molar-refractivity contribution in [3.8, 4) is 5.69 Å². The van der Waals surface area contributed by atoms with Crippen molar-refractivity contribution in [1.29, 1.82) is 0 Å². The Morgan fingerprint density at radius 3 is 2.47 bits per heavy atom. The third kappa shape index (κ3) is 4.18. The molecule has 0 saturated carbocycles. The fourth-order valence-corrected chi connectivity index (χ4v) is 4.11. The molecule has 5 rings (SSSR count). The Hall–Kier alpha value is -4.12. The van der Waals surface area contributed by atoms with Crippen molar-refractivity contribution >= 4 is 16.8 Å². The molecule has 0 aliphatic heterocycles. The van der Waals surface area contributed by atoms with Gasteiger partial charge in [-0.15, -0.1) is 0 Å². The van der Waals surface area contributed by atoms with E-state index in [1.807, 2.05) is 66.9 Å². The molecule has 0 radical (unpaired) electrons. The second-order valence-electron chi connectivity index (χ2n) is 7.86. The summed E-state index contributed by atoms with van der Waals surface area (Å²) < 4.78 is 1.79. The van der Waals surface area contributed by atoms with Crippen molar-refractivity contribution in [2.75, 3.05) is 6.54 Å². The molecule has 3 aromatic carbocycles.